The second-order valence-corrected chi connectivity index (χ2v) is 12.1. The van der Waals surface area contributed by atoms with Crippen LogP contribution in [0.25, 0.3) is 0 Å². The molecule has 2 heterocycles. The largest absolute Gasteiger partial charge is 0.383 e. The average Bonchev–Trinajstić information content (AvgIpc) is 3.65. The lowest BCUT2D eigenvalue weighted by Crippen LogP contribution is -2.52. The van der Waals surface area contributed by atoms with Gasteiger partial charge in [-0.05, 0) is 37.3 Å². The van der Waals surface area contributed by atoms with Crippen LogP contribution in [0.3, 0.4) is 0 Å². The Morgan fingerprint density at radius 2 is 1.79 bits per heavy atom. The normalized spacial score (nSPS) is 23.7. The van der Waals surface area contributed by atoms with Gasteiger partial charge in [-0.25, -0.2) is 13.6 Å². The van der Waals surface area contributed by atoms with Gasteiger partial charge in [-0.1, -0.05) is 55.3 Å². The van der Waals surface area contributed by atoms with Crippen LogP contribution < -0.4 is 5.32 Å². The topological polar surface area (TPSA) is 76.1 Å². The molecule has 2 aromatic rings. The molecule has 3 amide bonds. The summed E-state index contributed by atoms with van der Waals surface area (Å²) >= 11 is 0. The number of carbonyl (C=O) groups is 2. The molecule has 9 heteroatoms. The highest BCUT2D eigenvalue weighted by Crippen LogP contribution is 2.40. The summed E-state index contributed by atoms with van der Waals surface area (Å²) in [5, 5.41) is 14.8. The lowest BCUT2D eigenvalue weighted by atomic mass is 9.83. The summed E-state index contributed by atoms with van der Waals surface area (Å²) in [5.41, 5.74) is -0.0457. The first-order valence-corrected chi connectivity index (χ1v) is 15.2. The lowest BCUT2D eigenvalue weighted by molar-refractivity contribution is -0.135. The van der Waals surface area contributed by atoms with E-state index in [1.165, 1.54) is 12.1 Å². The van der Waals surface area contributed by atoms with Crippen molar-refractivity contribution in [3.63, 3.8) is 0 Å². The minimum absolute atomic E-state index is 0.0191. The summed E-state index contributed by atoms with van der Waals surface area (Å²) in [6.45, 7) is 7.13. The highest BCUT2D eigenvalue weighted by molar-refractivity contribution is 5.79. The maximum Gasteiger partial charge on any atom is 0.318 e. The Morgan fingerprint density at radius 1 is 1.07 bits per heavy atom. The number of nitrogens with one attached hydrogen (secondary N) is 1. The smallest absolute Gasteiger partial charge is 0.318 e. The third-order valence-corrected chi connectivity index (χ3v) is 9.35. The molecule has 5 rings (SSSR count). The second-order valence-electron chi connectivity index (χ2n) is 12.1. The van der Waals surface area contributed by atoms with E-state index in [1.54, 1.807) is 11.0 Å². The van der Waals surface area contributed by atoms with Gasteiger partial charge in [0.2, 0.25) is 5.91 Å². The van der Waals surface area contributed by atoms with Crippen molar-refractivity contribution in [2.24, 2.45) is 11.8 Å². The minimum atomic E-state index is -1.11. The van der Waals surface area contributed by atoms with Crippen LogP contribution >= 0.6 is 0 Å². The summed E-state index contributed by atoms with van der Waals surface area (Å²) in [5.74, 6) is -1.23. The molecule has 42 heavy (non-hydrogen) atoms. The number of amides is 3. The average molecular weight is 581 g/mol. The summed E-state index contributed by atoms with van der Waals surface area (Å²) in [6, 6.07) is 12.7. The SMILES string of the molecule is C=CCN(C(=O)NCc1ccc(F)cc1F)C1CCN(C[C@H]2CN(C(=O)C3CCCC3)C[C@]2(O)c2ccccc2)CC1. The van der Waals surface area contributed by atoms with Crippen LogP contribution in [0.4, 0.5) is 13.6 Å². The van der Waals surface area contributed by atoms with Gasteiger partial charge >= 0.3 is 6.03 Å². The molecule has 3 fully saturated rings. The van der Waals surface area contributed by atoms with Crippen LogP contribution in [0.5, 0.6) is 0 Å². The summed E-state index contributed by atoms with van der Waals surface area (Å²) < 4.78 is 27.3. The molecule has 2 saturated heterocycles. The number of piperidine rings is 1. The van der Waals surface area contributed by atoms with Gasteiger partial charge in [-0.2, -0.15) is 0 Å². The molecular formula is C33H42F2N4O3. The zero-order chi connectivity index (χ0) is 29.7. The van der Waals surface area contributed by atoms with Gasteiger partial charge in [0.1, 0.15) is 17.2 Å². The number of halogens is 2. The van der Waals surface area contributed by atoms with Crippen molar-refractivity contribution >= 4 is 11.9 Å². The Hall–Kier alpha value is -3.30. The molecule has 226 valence electrons. The van der Waals surface area contributed by atoms with Gasteiger partial charge in [-0.15, -0.1) is 6.58 Å². The van der Waals surface area contributed by atoms with E-state index < -0.39 is 17.2 Å². The van der Waals surface area contributed by atoms with Crippen molar-refractivity contribution in [3.8, 4) is 0 Å². The molecule has 0 spiro atoms. The van der Waals surface area contributed by atoms with E-state index in [-0.39, 0.29) is 41.9 Å². The predicted molar refractivity (Wildman–Crippen MR) is 157 cm³/mol. The third-order valence-electron chi connectivity index (χ3n) is 9.35. The molecule has 3 aliphatic rings. The predicted octanol–water partition coefficient (Wildman–Crippen LogP) is 4.66. The van der Waals surface area contributed by atoms with E-state index in [2.05, 4.69) is 16.8 Å². The number of carbonyl (C=O) groups excluding carboxylic acids is 2. The molecule has 1 aliphatic carbocycles. The number of hydrogen-bond donors (Lipinski definition) is 2. The molecule has 0 unspecified atom stereocenters. The molecule has 0 radical (unpaired) electrons. The highest BCUT2D eigenvalue weighted by atomic mass is 19.1. The Kier molecular flexibility index (Phi) is 9.58. The number of hydrogen-bond acceptors (Lipinski definition) is 4. The molecule has 7 nitrogen and oxygen atoms in total. The zero-order valence-electron chi connectivity index (χ0n) is 24.2. The first-order chi connectivity index (χ1) is 20.3. The van der Waals surface area contributed by atoms with Gasteiger partial charge in [0.15, 0.2) is 0 Å². The standard InChI is InChI=1S/C33H42F2N4O3/c1-2-16-39(32(41)36-20-25-12-13-28(34)19-30(25)35)29-14-17-37(18-15-29)21-27-22-38(31(40)24-8-6-7-9-24)23-33(27,42)26-10-4-3-5-11-26/h2-5,10-13,19,24,27,29,42H,1,6-9,14-18,20-23H2,(H,36,41)/t27-,33-/m0/s1. The number of rotatable bonds is 9. The van der Waals surface area contributed by atoms with Crippen LogP contribution in [-0.2, 0) is 16.9 Å². The van der Waals surface area contributed by atoms with Crippen LogP contribution in [0.1, 0.15) is 49.7 Å². The highest BCUT2D eigenvalue weighted by Gasteiger charge is 2.49. The molecule has 2 N–H and O–H groups in total. The Labute approximate surface area is 247 Å². The number of likely N-dealkylation sites (tertiary alicyclic amines) is 2. The van der Waals surface area contributed by atoms with Crippen LogP contribution in [0, 0.1) is 23.5 Å². The molecule has 2 aromatic carbocycles. The third kappa shape index (κ3) is 6.68. The van der Waals surface area contributed by atoms with Crippen LogP contribution in [0.2, 0.25) is 0 Å². The van der Waals surface area contributed by atoms with Crippen molar-refractivity contribution < 1.29 is 23.5 Å². The molecule has 0 bridgehead atoms. The Morgan fingerprint density at radius 3 is 2.45 bits per heavy atom. The quantitative estimate of drug-likeness (QED) is 0.423. The summed E-state index contributed by atoms with van der Waals surface area (Å²) in [6.07, 6.45) is 7.22. The lowest BCUT2D eigenvalue weighted by Gasteiger charge is -2.40. The number of aliphatic hydroxyl groups is 1. The summed E-state index contributed by atoms with van der Waals surface area (Å²) in [4.78, 5) is 32.4. The minimum Gasteiger partial charge on any atom is -0.383 e. The van der Waals surface area contributed by atoms with E-state index in [0.29, 0.717) is 26.2 Å². The van der Waals surface area contributed by atoms with Gasteiger partial charge in [-0.3, -0.25) is 4.79 Å². The first-order valence-electron chi connectivity index (χ1n) is 15.2. The van der Waals surface area contributed by atoms with Crippen molar-refractivity contribution in [3.05, 3.63) is 83.9 Å². The van der Waals surface area contributed by atoms with Gasteiger partial charge in [0.25, 0.3) is 0 Å². The first kappa shape index (κ1) is 30.2. The van der Waals surface area contributed by atoms with Gasteiger partial charge < -0.3 is 25.1 Å². The van der Waals surface area contributed by atoms with Crippen molar-refractivity contribution in [2.75, 3.05) is 39.3 Å². The van der Waals surface area contributed by atoms with E-state index in [0.717, 1.165) is 63.2 Å². The Bertz CT molecular complexity index is 1250. The van der Waals surface area contributed by atoms with Crippen molar-refractivity contribution in [2.45, 2.75) is 56.7 Å². The molecule has 2 aliphatic heterocycles. The maximum absolute atomic E-state index is 14.1. The van der Waals surface area contributed by atoms with E-state index in [9.17, 15) is 23.5 Å². The van der Waals surface area contributed by atoms with Crippen LogP contribution in [0.15, 0.2) is 61.2 Å². The number of β-amino-alcohol motifs (C(OH)–C–C–N with tert-alkyl or cyclic N) is 1. The zero-order valence-corrected chi connectivity index (χ0v) is 24.2. The molecular weight excluding hydrogens is 538 g/mol. The fraction of sp³-hybridized carbons (Fsp3) is 0.515. The second kappa shape index (κ2) is 13.3. The number of benzene rings is 2. The van der Waals surface area contributed by atoms with E-state index in [1.807, 2.05) is 35.2 Å². The molecule has 2 atom stereocenters. The monoisotopic (exact) mass is 580 g/mol. The maximum atomic E-state index is 14.1. The van der Waals surface area contributed by atoms with Crippen molar-refractivity contribution in [1.29, 1.82) is 0 Å². The van der Waals surface area contributed by atoms with E-state index in [4.69, 9.17) is 0 Å². The van der Waals surface area contributed by atoms with Crippen LogP contribution in [-0.4, -0.2) is 77.1 Å². The molecule has 0 aromatic heterocycles. The fourth-order valence-corrected chi connectivity index (χ4v) is 6.96. The summed E-state index contributed by atoms with van der Waals surface area (Å²) in [7, 11) is 0. The number of nitrogens with zero attached hydrogens (tertiary/aromatic N) is 3. The van der Waals surface area contributed by atoms with E-state index >= 15 is 0 Å². The molecule has 1 saturated carbocycles. The Balaban J connectivity index is 1.20. The van der Waals surface area contributed by atoms with Gasteiger partial charge in [0, 0.05) is 68.8 Å². The number of urea groups is 1. The fourth-order valence-electron chi connectivity index (χ4n) is 6.96. The van der Waals surface area contributed by atoms with Crippen molar-refractivity contribution in [1.82, 2.24) is 20.0 Å². The van der Waals surface area contributed by atoms with Gasteiger partial charge in [0.05, 0.1) is 6.54 Å².